The minimum Gasteiger partial charge on any atom is -0.508 e. The summed E-state index contributed by atoms with van der Waals surface area (Å²) in [6.45, 7) is 2.64. The van der Waals surface area contributed by atoms with Crippen LogP contribution >= 0.6 is 0 Å². The van der Waals surface area contributed by atoms with Crippen LogP contribution in [0.4, 0.5) is 0 Å². The van der Waals surface area contributed by atoms with Crippen molar-refractivity contribution in [1.29, 1.82) is 0 Å². The third-order valence-electron chi connectivity index (χ3n) is 3.98. The average Bonchev–Trinajstić information content (AvgIpc) is 2.61. The molecule has 0 aromatic heterocycles. The molecule has 0 amide bonds. The van der Waals surface area contributed by atoms with E-state index in [-0.39, 0.29) is 23.0 Å². The average molecular weight is 356 g/mol. The Kier molecular flexibility index (Phi) is 5.12. The fourth-order valence-electron chi connectivity index (χ4n) is 2.49. The monoisotopic (exact) mass is 356 g/mol. The Morgan fingerprint density at radius 3 is 1.38 bits per heavy atom. The molecule has 0 bridgehead atoms. The van der Waals surface area contributed by atoms with Gasteiger partial charge in [0.1, 0.15) is 23.0 Å². The van der Waals surface area contributed by atoms with Crippen molar-refractivity contribution in [3.8, 4) is 23.0 Å². The van der Waals surface area contributed by atoms with E-state index in [0.29, 0.717) is 37.3 Å². The van der Waals surface area contributed by atoms with Crippen LogP contribution in [0.1, 0.15) is 11.1 Å². The predicted octanol–water partition coefficient (Wildman–Crippen LogP) is 1.49. The van der Waals surface area contributed by atoms with E-state index in [1.807, 2.05) is 10.0 Å². The van der Waals surface area contributed by atoms with Crippen molar-refractivity contribution in [3.05, 3.63) is 47.5 Å². The standard InChI is InChI=1S/C18H20N4O4/c23-15-3-1-13(17(25)9-15)11-19-21-5-7-22(8-6-21)20-12-14-2-4-16(24)10-18(14)26/h1-4,9-12,23-26H,5-8H2/b19-11+,20-12+. The minimum absolute atomic E-state index is 0.00536. The van der Waals surface area contributed by atoms with Gasteiger partial charge in [-0.1, -0.05) is 0 Å². The van der Waals surface area contributed by atoms with Crippen LogP contribution in [0.5, 0.6) is 23.0 Å². The van der Waals surface area contributed by atoms with E-state index in [4.69, 9.17) is 0 Å². The first-order valence-electron chi connectivity index (χ1n) is 8.13. The van der Waals surface area contributed by atoms with Crippen molar-refractivity contribution in [2.24, 2.45) is 10.2 Å². The van der Waals surface area contributed by atoms with Crippen LogP contribution in [0.25, 0.3) is 0 Å². The van der Waals surface area contributed by atoms with E-state index in [2.05, 4.69) is 10.2 Å². The summed E-state index contributed by atoms with van der Waals surface area (Å²) in [6, 6.07) is 8.72. The number of hydrazone groups is 2. The summed E-state index contributed by atoms with van der Waals surface area (Å²) >= 11 is 0. The van der Waals surface area contributed by atoms with Gasteiger partial charge in [-0.25, -0.2) is 0 Å². The summed E-state index contributed by atoms with van der Waals surface area (Å²) in [4.78, 5) is 0. The quantitative estimate of drug-likeness (QED) is 0.618. The minimum atomic E-state index is -0.0225. The Labute approximate surface area is 150 Å². The molecule has 0 spiro atoms. The molecule has 4 N–H and O–H groups in total. The predicted molar refractivity (Wildman–Crippen MR) is 97.9 cm³/mol. The lowest BCUT2D eigenvalue weighted by Gasteiger charge is -2.31. The molecular weight excluding hydrogens is 336 g/mol. The SMILES string of the molecule is Oc1ccc(/C=N/N2CCN(/N=C/c3ccc(O)cc3O)CC2)c(O)c1. The molecule has 1 aliphatic rings. The molecule has 26 heavy (non-hydrogen) atoms. The summed E-state index contributed by atoms with van der Waals surface area (Å²) in [7, 11) is 0. The van der Waals surface area contributed by atoms with Gasteiger partial charge in [-0.3, -0.25) is 10.0 Å². The van der Waals surface area contributed by atoms with Crippen molar-refractivity contribution in [2.75, 3.05) is 26.2 Å². The molecule has 0 saturated carbocycles. The first kappa shape index (κ1) is 17.4. The molecule has 0 unspecified atom stereocenters. The number of rotatable bonds is 4. The fourth-order valence-corrected chi connectivity index (χ4v) is 2.49. The zero-order chi connectivity index (χ0) is 18.5. The van der Waals surface area contributed by atoms with Crippen LogP contribution < -0.4 is 0 Å². The van der Waals surface area contributed by atoms with Crippen LogP contribution in [-0.2, 0) is 0 Å². The maximum Gasteiger partial charge on any atom is 0.128 e. The van der Waals surface area contributed by atoms with Crippen LogP contribution in [0, 0.1) is 0 Å². The molecule has 2 aromatic rings. The molecular formula is C18H20N4O4. The number of hydrogen-bond donors (Lipinski definition) is 4. The molecule has 136 valence electrons. The molecule has 8 nitrogen and oxygen atoms in total. The molecule has 2 aromatic carbocycles. The van der Waals surface area contributed by atoms with Crippen molar-refractivity contribution in [2.45, 2.75) is 0 Å². The largest absolute Gasteiger partial charge is 0.508 e. The summed E-state index contributed by atoms with van der Waals surface area (Å²) in [5.74, 6) is -0.0343. The second-order valence-electron chi connectivity index (χ2n) is 5.88. The highest BCUT2D eigenvalue weighted by Crippen LogP contribution is 2.22. The van der Waals surface area contributed by atoms with Gasteiger partial charge >= 0.3 is 0 Å². The third-order valence-corrected chi connectivity index (χ3v) is 3.98. The molecule has 1 heterocycles. The van der Waals surface area contributed by atoms with Gasteiger partial charge in [0.25, 0.3) is 0 Å². The first-order chi connectivity index (χ1) is 12.5. The Morgan fingerprint density at radius 1 is 0.654 bits per heavy atom. The lowest BCUT2D eigenvalue weighted by Crippen LogP contribution is -2.41. The Balaban J connectivity index is 1.54. The lowest BCUT2D eigenvalue weighted by molar-refractivity contribution is 0.141. The number of piperazine rings is 1. The second kappa shape index (κ2) is 7.64. The summed E-state index contributed by atoms with van der Waals surface area (Å²) in [5.41, 5.74) is 1.07. The van der Waals surface area contributed by atoms with Crippen molar-refractivity contribution in [1.82, 2.24) is 10.0 Å². The summed E-state index contributed by atoms with van der Waals surface area (Å²) < 4.78 is 0. The molecule has 3 rings (SSSR count). The van der Waals surface area contributed by atoms with Gasteiger partial charge in [0.2, 0.25) is 0 Å². The van der Waals surface area contributed by atoms with Gasteiger partial charge in [-0.15, -0.1) is 0 Å². The van der Waals surface area contributed by atoms with Gasteiger partial charge in [0, 0.05) is 23.3 Å². The van der Waals surface area contributed by atoms with Crippen LogP contribution in [0.2, 0.25) is 0 Å². The van der Waals surface area contributed by atoms with Crippen molar-refractivity contribution >= 4 is 12.4 Å². The van der Waals surface area contributed by atoms with E-state index in [1.165, 1.54) is 24.3 Å². The third kappa shape index (κ3) is 4.35. The smallest absolute Gasteiger partial charge is 0.128 e. The van der Waals surface area contributed by atoms with Gasteiger partial charge in [-0.05, 0) is 24.3 Å². The number of nitrogens with zero attached hydrogens (tertiary/aromatic N) is 4. The molecule has 0 atom stereocenters. The fraction of sp³-hybridized carbons (Fsp3) is 0.222. The zero-order valence-corrected chi connectivity index (χ0v) is 14.0. The molecule has 1 saturated heterocycles. The van der Waals surface area contributed by atoms with Gasteiger partial charge in [0.05, 0.1) is 38.6 Å². The van der Waals surface area contributed by atoms with Crippen LogP contribution in [0.3, 0.4) is 0 Å². The van der Waals surface area contributed by atoms with Gasteiger partial charge in [-0.2, -0.15) is 10.2 Å². The number of benzene rings is 2. The highest BCUT2D eigenvalue weighted by Gasteiger charge is 2.13. The Morgan fingerprint density at radius 2 is 1.04 bits per heavy atom. The zero-order valence-electron chi connectivity index (χ0n) is 14.0. The van der Waals surface area contributed by atoms with Crippen molar-refractivity contribution in [3.63, 3.8) is 0 Å². The Hall–Kier alpha value is -3.42. The number of hydrogen-bond acceptors (Lipinski definition) is 8. The van der Waals surface area contributed by atoms with E-state index in [9.17, 15) is 20.4 Å². The maximum atomic E-state index is 9.75. The van der Waals surface area contributed by atoms with Crippen LogP contribution in [0.15, 0.2) is 46.6 Å². The number of phenols is 4. The molecule has 1 aliphatic heterocycles. The highest BCUT2D eigenvalue weighted by atomic mass is 16.3. The van der Waals surface area contributed by atoms with E-state index < -0.39 is 0 Å². The summed E-state index contributed by atoms with van der Waals surface area (Å²) in [6.07, 6.45) is 3.12. The second-order valence-corrected chi connectivity index (χ2v) is 5.88. The van der Waals surface area contributed by atoms with Gasteiger partial charge in [0.15, 0.2) is 0 Å². The van der Waals surface area contributed by atoms with E-state index in [0.717, 1.165) is 0 Å². The normalized spacial score (nSPS) is 15.2. The highest BCUT2D eigenvalue weighted by molar-refractivity contribution is 5.84. The topological polar surface area (TPSA) is 112 Å². The van der Waals surface area contributed by atoms with Gasteiger partial charge < -0.3 is 20.4 Å². The molecule has 0 radical (unpaired) electrons. The number of aromatic hydroxyl groups is 4. The Bertz CT molecular complexity index is 760. The van der Waals surface area contributed by atoms with E-state index in [1.54, 1.807) is 24.6 Å². The van der Waals surface area contributed by atoms with E-state index >= 15 is 0 Å². The van der Waals surface area contributed by atoms with Crippen LogP contribution in [-0.4, -0.2) is 69.1 Å². The lowest BCUT2D eigenvalue weighted by atomic mass is 10.2. The maximum absolute atomic E-state index is 9.75. The molecule has 8 heteroatoms. The molecule has 1 fully saturated rings. The first-order valence-corrected chi connectivity index (χ1v) is 8.13. The number of phenolic OH excluding ortho intramolecular Hbond substituents is 4. The summed E-state index contributed by atoms with van der Waals surface area (Å²) in [5, 5.41) is 50.5. The molecule has 0 aliphatic carbocycles. The van der Waals surface area contributed by atoms with Crippen molar-refractivity contribution < 1.29 is 20.4 Å².